The first-order valence-electron chi connectivity index (χ1n) is 11.0. The lowest BCUT2D eigenvalue weighted by Gasteiger charge is -2.29. The van der Waals surface area contributed by atoms with Gasteiger partial charge in [0.15, 0.2) is 0 Å². The fraction of sp³-hybridized carbons (Fsp3) is 0.500. The monoisotopic (exact) mass is 425 g/mol. The van der Waals surface area contributed by atoms with E-state index in [2.05, 4.69) is 32.7 Å². The van der Waals surface area contributed by atoms with E-state index >= 15 is 0 Å². The summed E-state index contributed by atoms with van der Waals surface area (Å²) < 4.78 is 1.48. The number of nitrogens with zero attached hydrogens (tertiary/aromatic N) is 4. The second kappa shape index (κ2) is 10.0. The van der Waals surface area contributed by atoms with Crippen LogP contribution in [0, 0.1) is 0 Å². The standard InChI is InChI=1S/C22H31N7O2/c23-18-6-12-27(13-7-18)11-5-17-1-3-19(4-2-17)29-14-8-20(26-22(29)31)25-21(30)28-15-9-24-10-16-28/h1-4,8,14,18,24H,5-7,9-13,15-16,23H2,(H,25,26,30,31). The van der Waals surface area contributed by atoms with E-state index in [1.165, 1.54) is 10.1 Å². The Kier molecular flexibility index (Phi) is 6.96. The summed E-state index contributed by atoms with van der Waals surface area (Å²) in [5.41, 5.74) is 7.54. The number of carbonyl (C=O) groups excluding carboxylic acids is 1. The van der Waals surface area contributed by atoms with Gasteiger partial charge in [-0.3, -0.25) is 9.88 Å². The Balaban J connectivity index is 1.34. The number of hydrogen-bond acceptors (Lipinski definition) is 6. The normalized spacial score (nSPS) is 18.2. The van der Waals surface area contributed by atoms with Crippen LogP contribution in [-0.4, -0.2) is 77.2 Å². The molecular formula is C22H31N7O2. The number of piperazine rings is 1. The number of nitrogens with two attached hydrogens (primary N) is 1. The molecule has 9 nitrogen and oxygen atoms in total. The van der Waals surface area contributed by atoms with E-state index in [0.717, 1.165) is 57.7 Å². The molecule has 2 aliphatic heterocycles. The van der Waals surface area contributed by atoms with Crippen molar-refractivity contribution in [2.45, 2.75) is 25.3 Å². The van der Waals surface area contributed by atoms with Gasteiger partial charge in [0.05, 0.1) is 5.69 Å². The van der Waals surface area contributed by atoms with Crippen LogP contribution in [0.2, 0.25) is 0 Å². The molecule has 166 valence electrons. The number of aromatic nitrogens is 2. The van der Waals surface area contributed by atoms with Crippen LogP contribution in [0.4, 0.5) is 10.6 Å². The molecule has 1 aromatic heterocycles. The second-order valence-electron chi connectivity index (χ2n) is 8.23. The van der Waals surface area contributed by atoms with Crippen LogP contribution in [0.15, 0.2) is 41.3 Å². The third kappa shape index (κ3) is 5.69. The first-order valence-corrected chi connectivity index (χ1v) is 11.0. The molecule has 2 amide bonds. The minimum absolute atomic E-state index is 0.230. The lowest BCUT2D eigenvalue weighted by atomic mass is 10.1. The molecule has 2 aliphatic rings. The number of rotatable bonds is 5. The Bertz CT molecular complexity index is 930. The van der Waals surface area contributed by atoms with E-state index in [-0.39, 0.29) is 11.8 Å². The van der Waals surface area contributed by atoms with Crippen molar-refractivity contribution >= 4 is 11.8 Å². The summed E-state index contributed by atoms with van der Waals surface area (Å²) in [7, 11) is 0. The highest BCUT2D eigenvalue weighted by molar-refractivity contribution is 5.88. The molecule has 0 radical (unpaired) electrons. The van der Waals surface area contributed by atoms with Crippen molar-refractivity contribution in [3.63, 3.8) is 0 Å². The molecule has 2 saturated heterocycles. The SMILES string of the molecule is NC1CCN(CCc2ccc(-n3ccc(NC(=O)N4CCNCC4)nc3=O)cc2)CC1. The molecule has 2 aromatic rings. The molecule has 31 heavy (non-hydrogen) atoms. The van der Waals surface area contributed by atoms with E-state index in [9.17, 15) is 9.59 Å². The van der Waals surface area contributed by atoms with Crippen molar-refractivity contribution in [3.8, 4) is 5.69 Å². The quantitative estimate of drug-likeness (QED) is 0.649. The maximum atomic E-state index is 12.5. The molecule has 4 rings (SSSR count). The molecular weight excluding hydrogens is 394 g/mol. The van der Waals surface area contributed by atoms with Gasteiger partial charge < -0.3 is 20.9 Å². The number of benzene rings is 1. The van der Waals surface area contributed by atoms with Crippen molar-refractivity contribution in [3.05, 3.63) is 52.6 Å². The van der Waals surface area contributed by atoms with E-state index in [1.807, 2.05) is 12.1 Å². The Hall–Kier alpha value is -2.75. The number of hydrogen-bond donors (Lipinski definition) is 3. The first-order chi connectivity index (χ1) is 15.1. The van der Waals surface area contributed by atoms with Gasteiger partial charge in [0.25, 0.3) is 0 Å². The largest absolute Gasteiger partial charge is 0.354 e. The predicted molar refractivity (Wildman–Crippen MR) is 121 cm³/mol. The zero-order valence-electron chi connectivity index (χ0n) is 17.8. The van der Waals surface area contributed by atoms with Crippen LogP contribution in [0.5, 0.6) is 0 Å². The summed E-state index contributed by atoms with van der Waals surface area (Å²) in [6, 6.07) is 9.74. The lowest BCUT2D eigenvalue weighted by Crippen LogP contribution is -2.48. The van der Waals surface area contributed by atoms with Gasteiger partial charge in [-0.25, -0.2) is 9.59 Å². The van der Waals surface area contributed by atoms with Gasteiger partial charge in [0.2, 0.25) is 0 Å². The van der Waals surface area contributed by atoms with Crippen molar-refractivity contribution in [1.82, 2.24) is 24.7 Å². The number of amides is 2. The Morgan fingerprint density at radius 2 is 1.81 bits per heavy atom. The van der Waals surface area contributed by atoms with Crippen molar-refractivity contribution < 1.29 is 4.79 Å². The highest BCUT2D eigenvalue weighted by Gasteiger charge is 2.17. The number of likely N-dealkylation sites (tertiary alicyclic amines) is 1. The fourth-order valence-electron chi connectivity index (χ4n) is 4.01. The molecule has 9 heteroatoms. The highest BCUT2D eigenvalue weighted by Crippen LogP contribution is 2.12. The maximum Gasteiger partial charge on any atom is 0.354 e. The summed E-state index contributed by atoms with van der Waals surface area (Å²) in [6.07, 6.45) is 4.76. The molecule has 2 fully saturated rings. The summed E-state index contributed by atoms with van der Waals surface area (Å²) in [5.74, 6) is 0.266. The van der Waals surface area contributed by atoms with Crippen molar-refractivity contribution in [1.29, 1.82) is 0 Å². The molecule has 0 saturated carbocycles. The smallest absolute Gasteiger partial charge is 0.328 e. The third-order valence-electron chi connectivity index (χ3n) is 6.01. The average molecular weight is 426 g/mol. The Morgan fingerprint density at radius 3 is 2.48 bits per heavy atom. The minimum atomic E-state index is -0.421. The molecule has 0 unspecified atom stereocenters. The van der Waals surface area contributed by atoms with Crippen molar-refractivity contribution in [2.75, 3.05) is 51.1 Å². The van der Waals surface area contributed by atoms with Crippen molar-refractivity contribution in [2.24, 2.45) is 5.73 Å². The van der Waals surface area contributed by atoms with Gasteiger partial charge in [-0.2, -0.15) is 4.98 Å². The second-order valence-corrected chi connectivity index (χ2v) is 8.23. The van der Waals surface area contributed by atoms with Gasteiger partial charge in [-0.1, -0.05) is 12.1 Å². The van der Waals surface area contributed by atoms with Crippen LogP contribution in [-0.2, 0) is 6.42 Å². The molecule has 3 heterocycles. The molecule has 0 spiro atoms. The number of piperidine rings is 1. The first kappa shape index (κ1) is 21.5. The van der Waals surface area contributed by atoms with Gasteiger partial charge in [-0.15, -0.1) is 0 Å². The molecule has 0 aliphatic carbocycles. The third-order valence-corrected chi connectivity index (χ3v) is 6.01. The zero-order valence-corrected chi connectivity index (χ0v) is 17.8. The van der Waals surface area contributed by atoms with Crippen LogP contribution in [0.3, 0.4) is 0 Å². The van der Waals surface area contributed by atoms with Gasteiger partial charge >= 0.3 is 11.7 Å². The number of nitrogens with one attached hydrogen (secondary N) is 2. The maximum absolute atomic E-state index is 12.5. The van der Waals surface area contributed by atoms with Crippen LogP contribution in [0.1, 0.15) is 18.4 Å². The number of carbonyl (C=O) groups is 1. The Labute approximate surface area is 182 Å². The summed E-state index contributed by atoms with van der Waals surface area (Å²) >= 11 is 0. The summed E-state index contributed by atoms with van der Waals surface area (Å²) in [5, 5.41) is 5.91. The average Bonchev–Trinajstić information content (AvgIpc) is 2.80. The van der Waals surface area contributed by atoms with E-state index in [4.69, 9.17) is 5.73 Å². The molecule has 4 N–H and O–H groups in total. The van der Waals surface area contributed by atoms with Gasteiger partial charge in [0, 0.05) is 45.0 Å². The van der Waals surface area contributed by atoms with E-state index < -0.39 is 5.69 Å². The molecule has 0 bridgehead atoms. The van der Waals surface area contributed by atoms with Gasteiger partial charge in [0.1, 0.15) is 5.82 Å². The van der Waals surface area contributed by atoms with Crippen LogP contribution in [0.25, 0.3) is 5.69 Å². The fourth-order valence-corrected chi connectivity index (χ4v) is 4.01. The summed E-state index contributed by atoms with van der Waals surface area (Å²) in [6.45, 7) is 5.97. The highest BCUT2D eigenvalue weighted by atomic mass is 16.2. The Morgan fingerprint density at radius 1 is 1.10 bits per heavy atom. The topological polar surface area (TPSA) is 109 Å². The van der Waals surface area contributed by atoms with E-state index in [0.29, 0.717) is 19.1 Å². The molecule has 1 aromatic carbocycles. The van der Waals surface area contributed by atoms with E-state index in [1.54, 1.807) is 17.2 Å². The zero-order chi connectivity index (χ0) is 21.6. The van der Waals surface area contributed by atoms with Crippen LogP contribution >= 0.6 is 0 Å². The number of anilines is 1. The van der Waals surface area contributed by atoms with Gasteiger partial charge in [-0.05, 0) is 56.1 Å². The lowest BCUT2D eigenvalue weighted by molar-refractivity contribution is 0.204. The summed E-state index contributed by atoms with van der Waals surface area (Å²) in [4.78, 5) is 33.0. The minimum Gasteiger partial charge on any atom is -0.328 e. The molecule has 0 atom stereocenters. The number of urea groups is 1. The van der Waals surface area contributed by atoms with Crippen LogP contribution < -0.4 is 22.1 Å². The predicted octanol–water partition coefficient (Wildman–Crippen LogP) is 0.635.